The summed E-state index contributed by atoms with van der Waals surface area (Å²) in [5, 5.41) is 0.331. The van der Waals surface area contributed by atoms with Crippen LogP contribution in [0.25, 0.3) is 0 Å². The van der Waals surface area contributed by atoms with Gasteiger partial charge in [-0.1, -0.05) is 41.4 Å². The minimum atomic E-state index is -0.500. The van der Waals surface area contributed by atoms with Crippen LogP contribution >= 0.6 is 11.6 Å². The normalized spacial score (nSPS) is 14.9. The van der Waals surface area contributed by atoms with Crippen LogP contribution in [0.3, 0.4) is 0 Å². The Morgan fingerprint density at radius 1 is 1.25 bits per heavy atom. The van der Waals surface area contributed by atoms with Crippen LogP contribution in [0.4, 0.5) is 0 Å². The molecule has 28 heavy (non-hydrogen) atoms. The van der Waals surface area contributed by atoms with Crippen molar-refractivity contribution in [3.63, 3.8) is 0 Å². The molecule has 0 unspecified atom stereocenters. The van der Waals surface area contributed by atoms with Crippen molar-refractivity contribution >= 4 is 23.4 Å². The summed E-state index contributed by atoms with van der Waals surface area (Å²) in [5.41, 5.74) is 4.34. The fourth-order valence-corrected chi connectivity index (χ4v) is 3.88. The Morgan fingerprint density at radius 2 is 1.93 bits per heavy atom. The summed E-state index contributed by atoms with van der Waals surface area (Å²) < 4.78 is 6.96. The first-order valence-electron chi connectivity index (χ1n) is 9.38. The standard InChI is InChI=1S/C22H25ClN2O3/c1-5-28-22(27)20-18(23)17-11-10-16(13-24(3)4)21(26)19(17)25(20)12-15-8-6-14(2)7-9-15/h6-9,13H,5,10-12H2,1-4H3/b16-13+. The second kappa shape index (κ2) is 8.23. The molecule has 1 aliphatic carbocycles. The molecule has 0 N–H and O–H groups in total. The highest BCUT2D eigenvalue weighted by atomic mass is 35.5. The number of esters is 1. The van der Waals surface area contributed by atoms with Gasteiger partial charge in [0.15, 0.2) is 0 Å². The van der Waals surface area contributed by atoms with Crippen molar-refractivity contribution in [1.29, 1.82) is 0 Å². The van der Waals surface area contributed by atoms with E-state index in [1.165, 1.54) is 0 Å². The number of fused-ring (bicyclic) bond motifs is 1. The largest absolute Gasteiger partial charge is 0.461 e. The molecule has 0 atom stereocenters. The van der Waals surface area contributed by atoms with Crippen molar-refractivity contribution in [2.45, 2.75) is 33.2 Å². The lowest BCUT2D eigenvalue weighted by molar-refractivity contribution is 0.0514. The van der Waals surface area contributed by atoms with Crippen LogP contribution in [0.1, 0.15) is 51.0 Å². The lowest BCUT2D eigenvalue weighted by Crippen LogP contribution is -2.22. The number of hydrogen-bond acceptors (Lipinski definition) is 4. The van der Waals surface area contributed by atoms with Gasteiger partial charge < -0.3 is 14.2 Å². The molecule has 0 aliphatic heterocycles. The molecule has 0 saturated carbocycles. The smallest absolute Gasteiger partial charge is 0.356 e. The number of carbonyl (C=O) groups is 2. The van der Waals surface area contributed by atoms with Crippen LogP contribution in [0, 0.1) is 6.92 Å². The Kier molecular flexibility index (Phi) is 5.94. The number of ketones is 1. The molecule has 2 aromatic rings. The van der Waals surface area contributed by atoms with Gasteiger partial charge in [-0.3, -0.25) is 4.79 Å². The number of hydrogen-bond donors (Lipinski definition) is 0. The van der Waals surface area contributed by atoms with Gasteiger partial charge in [-0.05, 0) is 32.3 Å². The Balaban J connectivity index is 2.16. The summed E-state index contributed by atoms with van der Waals surface area (Å²) in [6.45, 7) is 4.39. The maximum Gasteiger partial charge on any atom is 0.356 e. The molecule has 1 aliphatic rings. The van der Waals surface area contributed by atoms with Crippen LogP contribution in [0.5, 0.6) is 0 Å². The van der Waals surface area contributed by atoms with Gasteiger partial charge in [0.05, 0.1) is 17.3 Å². The molecule has 1 aromatic heterocycles. The number of rotatable bonds is 5. The van der Waals surface area contributed by atoms with E-state index in [4.69, 9.17) is 16.3 Å². The molecule has 6 heteroatoms. The maximum atomic E-state index is 13.2. The van der Waals surface area contributed by atoms with Gasteiger partial charge >= 0.3 is 5.97 Å². The predicted molar refractivity (Wildman–Crippen MR) is 110 cm³/mol. The molecule has 0 bridgehead atoms. The molecule has 0 spiro atoms. The summed E-state index contributed by atoms with van der Waals surface area (Å²) in [6, 6.07) is 8.01. The van der Waals surface area contributed by atoms with E-state index in [-0.39, 0.29) is 18.1 Å². The van der Waals surface area contributed by atoms with Gasteiger partial charge in [-0.15, -0.1) is 0 Å². The number of Topliss-reactive ketones (excluding diaryl/α,β-unsaturated/α-hetero) is 1. The Morgan fingerprint density at radius 3 is 2.54 bits per heavy atom. The minimum absolute atomic E-state index is 0.0838. The number of allylic oxidation sites excluding steroid dienone is 1. The summed E-state index contributed by atoms with van der Waals surface area (Å²) in [6.07, 6.45) is 3.06. The molecule has 0 fully saturated rings. The van der Waals surface area contributed by atoms with E-state index in [1.807, 2.05) is 56.4 Å². The number of halogens is 1. The number of aromatic nitrogens is 1. The summed E-state index contributed by atoms with van der Waals surface area (Å²) in [7, 11) is 3.77. The molecular formula is C22H25ClN2O3. The van der Waals surface area contributed by atoms with E-state index >= 15 is 0 Å². The van der Waals surface area contributed by atoms with Crippen molar-refractivity contribution in [1.82, 2.24) is 9.47 Å². The van der Waals surface area contributed by atoms with Crippen molar-refractivity contribution in [3.8, 4) is 0 Å². The Hall–Kier alpha value is -2.53. The second-order valence-corrected chi connectivity index (χ2v) is 7.61. The summed E-state index contributed by atoms with van der Waals surface area (Å²) in [5.74, 6) is -0.584. The molecule has 148 valence electrons. The third-order valence-corrected chi connectivity index (χ3v) is 5.20. The van der Waals surface area contributed by atoms with Crippen LogP contribution in [-0.4, -0.2) is 41.9 Å². The predicted octanol–water partition coefficient (Wildman–Crippen LogP) is 4.25. The lowest BCUT2D eigenvalue weighted by atomic mass is 9.92. The molecule has 1 heterocycles. The third-order valence-electron chi connectivity index (χ3n) is 4.79. The first-order chi connectivity index (χ1) is 13.3. The van der Waals surface area contributed by atoms with Crippen LogP contribution in [-0.2, 0) is 17.7 Å². The van der Waals surface area contributed by atoms with Gasteiger partial charge in [-0.2, -0.15) is 0 Å². The van der Waals surface area contributed by atoms with Crippen molar-refractivity contribution < 1.29 is 14.3 Å². The second-order valence-electron chi connectivity index (χ2n) is 7.23. The van der Waals surface area contributed by atoms with Gasteiger partial charge in [-0.25, -0.2) is 4.79 Å². The van der Waals surface area contributed by atoms with E-state index < -0.39 is 5.97 Å². The quantitative estimate of drug-likeness (QED) is 0.556. The molecule has 0 radical (unpaired) electrons. The number of nitrogens with zero attached hydrogens (tertiary/aromatic N) is 2. The van der Waals surface area contributed by atoms with Gasteiger partial charge in [0.2, 0.25) is 5.78 Å². The zero-order valence-corrected chi connectivity index (χ0v) is 17.5. The minimum Gasteiger partial charge on any atom is -0.461 e. The Bertz CT molecular complexity index is 940. The highest BCUT2D eigenvalue weighted by molar-refractivity contribution is 6.35. The molecule has 1 aromatic carbocycles. The van der Waals surface area contributed by atoms with Gasteiger partial charge in [0, 0.05) is 38.0 Å². The van der Waals surface area contributed by atoms with Crippen LogP contribution in [0.15, 0.2) is 36.0 Å². The zero-order chi connectivity index (χ0) is 20.4. The fourth-order valence-electron chi connectivity index (χ4n) is 3.52. The molecule has 0 amide bonds. The Labute approximate surface area is 170 Å². The average molecular weight is 401 g/mol. The van der Waals surface area contributed by atoms with Gasteiger partial charge in [0.1, 0.15) is 5.69 Å². The zero-order valence-electron chi connectivity index (χ0n) is 16.7. The van der Waals surface area contributed by atoms with Gasteiger partial charge in [0.25, 0.3) is 0 Å². The average Bonchev–Trinajstić information content (AvgIpc) is 2.92. The van der Waals surface area contributed by atoms with E-state index in [2.05, 4.69) is 0 Å². The first-order valence-corrected chi connectivity index (χ1v) is 9.76. The summed E-state index contributed by atoms with van der Waals surface area (Å²) in [4.78, 5) is 27.8. The SMILES string of the molecule is CCOC(=O)c1c(Cl)c2c(n1Cc1ccc(C)cc1)C(=O)/C(=C/N(C)C)CC2. The molecule has 3 rings (SSSR count). The number of ether oxygens (including phenoxy) is 1. The van der Waals surface area contributed by atoms with Crippen molar-refractivity contribution in [3.05, 3.63) is 69.1 Å². The topological polar surface area (TPSA) is 51.5 Å². The maximum absolute atomic E-state index is 13.2. The highest BCUT2D eigenvalue weighted by Crippen LogP contribution is 2.36. The lowest BCUT2D eigenvalue weighted by Gasteiger charge is -2.19. The van der Waals surface area contributed by atoms with Crippen LogP contribution < -0.4 is 0 Å². The number of carbonyl (C=O) groups excluding carboxylic acids is 2. The first kappa shape index (κ1) is 20.2. The fraction of sp³-hybridized carbons (Fsp3) is 0.364. The molecule has 5 nitrogen and oxygen atoms in total. The summed E-state index contributed by atoms with van der Waals surface area (Å²) >= 11 is 6.58. The highest BCUT2D eigenvalue weighted by Gasteiger charge is 2.34. The van der Waals surface area contributed by atoms with E-state index in [9.17, 15) is 9.59 Å². The van der Waals surface area contributed by atoms with Crippen LogP contribution in [0.2, 0.25) is 5.02 Å². The van der Waals surface area contributed by atoms with Crippen molar-refractivity contribution in [2.75, 3.05) is 20.7 Å². The number of benzene rings is 1. The monoisotopic (exact) mass is 400 g/mol. The van der Waals surface area contributed by atoms with E-state index in [0.29, 0.717) is 35.7 Å². The van der Waals surface area contributed by atoms with E-state index in [0.717, 1.165) is 16.7 Å². The third kappa shape index (κ3) is 3.85. The van der Waals surface area contributed by atoms with E-state index in [1.54, 1.807) is 11.5 Å². The number of aryl methyl sites for hydroxylation is 1. The van der Waals surface area contributed by atoms with Crippen molar-refractivity contribution in [2.24, 2.45) is 0 Å². The molecule has 0 saturated heterocycles. The molecular weight excluding hydrogens is 376 g/mol.